The molecule has 4 heteroatoms. The smallest absolute Gasteiger partial charge is 0.227 e. The highest BCUT2D eigenvalue weighted by Crippen LogP contribution is 2.28. The van der Waals surface area contributed by atoms with Crippen molar-refractivity contribution in [1.82, 2.24) is 4.90 Å². The van der Waals surface area contributed by atoms with Crippen LogP contribution in [0.5, 0.6) is 11.5 Å². The molecule has 0 bridgehead atoms. The number of amides is 1. The molecule has 4 nitrogen and oxygen atoms in total. The molecule has 1 heterocycles. The van der Waals surface area contributed by atoms with E-state index in [-0.39, 0.29) is 5.91 Å². The second kappa shape index (κ2) is 6.64. The van der Waals surface area contributed by atoms with Crippen molar-refractivity contribution in [2.45, 2.75) is 26.2 Å². The molecule has 1 fully saturated rings. The van der Waals surface area contributed by atoms with Crippen molar-refractivity contribution in [3.05, 3.63) is 23.8 Å². The highest BCUT2D eigenvalue weighted by Gasteiger charge is 2.21. The lowest BCUT2D eigenvalue weighted by atomic mass is 9.99. The van der Waals surface area contributed by atoms with E-state index in [1.807, 2.05) is 23.1 Å². The molecule has 0 unspecified atom stereocenters. The minimum absolute atomic E-state index is 0.198. The van der Waals surface area contributed by atoms with Crippen LogP contribution in [0.15, 0.2) is 18.2 Å². The molecule has 0 aliphatic carbocycles. The molecule has 1 saturated heterocycles. The average molecular weight is 277 g/mol. The van der Waals surface area contributed by atoms with Crippen LogP contribution < -0.4 is 9.47 Å². The predicted molar refractivity (Wildman–Crippen MR) is 78.2 cm³/mol. The number of piperidine rings is 1. The lowest BCUT2D eigenvalue weighted by molar-refractivity contribution is -0.132. The molecule has 1 aromatic rings. The van der Waals surface area contributed by atoms with E-state index in [1.54, 1.807) is 14.2 Å². The van der Waals surface area contributed by atoms with Gasteiger partial charge in [0.1, 0.15) is 0 Å². The summed E-state index contributed by atoms with van der Waals surface area (Å²) in [4.78, 5) is 14.3. The molecule has 1 aliphatic heterocycles. The quantitative estimate of drug-likeness (QED) is 0.849. The second-order valence-electron chi connectivity index (χ2n) is 5.45. The van der Waals surface area contributed by atoms with Crippen LogP contribution in [0.25, 0.3) is 0 Å². The van der Waals surface area contributed by atoms with Crippen LogP contribution in [0, 0.1) is 5.92 Å². The number of ether oxygens (including phenoxy) is 2. The summed E-state index contributed by atoms with van der Waals surface area (Å²) in [5, 5.41) is 0. The van der Waals surface area contributed by atoms with Gasteiger partial charge in [-0.1, -0.05) is 13.0 Å². The third-order valence-corrected chi connectivity index (χ3v) is 3.81. The fraction of sp³-hybridized carbons (Fsp3) is 0.562. The van der Waals surface area contributed by atoms with Crippen molar-refractivity contribution in [1.29, 1.82) is 0 Å². The number of carbonyl (C=O) groups is 1. The van der Waals surface area contributed by atoms with Gasteiger partial charge in [0.2, 0.25) is 5.91 Å². The first-order chi connectivity index (χ1) is 9.63. The van der Waals surface area contributed by atoms with Crippen molar-refractivity contribution < 1.29 is 14.3 Å². The van der Waals surface area contributed by atoms with Gasteiger partial charge in [-0.05, 0) is 36.5 Å². The second-order valence-corrected chi connectivity index (χ2v) is 5.45. The summed E-state index contributed by atoms with van der Waals surface area (Å²) < 4.78 is 10.5. The van der Waals surface area contributed by atoms with Crippen molar-refractivity contribution in [3.63, 3.8) is 0 Å². The van der Waals surface area contributed by atoms with Gasteiger partial charge in [0.05, 0.1) is 20.6 Å². The fourth-order valence-corrected chi connectivity index (χ4v) is 2.69. The first-order valence-corrected chi connectivity index (χ1v) is 7.12. The van der Waals surface area contributed by atoms with Crippen LogP contribution in [0.1, 0.15) is 25.3 Å². The molecule has 0 N–H and O–H groups in total. The first-order valence-electron chi connectivity index (χ1n) is 7.12. The standard InChI is InChI=1S/C16H23NO3/c1-12-5-4-8-17(11-12)16(18)10-13-6-7-14(19-2)15(9-13)20-3/h6-7,9,12H,4-5,8,10-11H2,1-3H3/t12-/m1/s1. The molecule has 0 spiro atoms. The SMILES string of the molecule is COc1ccc(CC(=O)N2CCC[C@@H](C)C2)cc1OC. The molecule has 1 aromatic carbocycles. The largest absolute Gasteiger partial charge is 0.493 e. The van der Waals surface area contributed by atoms with Crippen molar-refractivity contribution in [2.75, 3.05) is 27.3 Å². The lowest BCUT2D eigenvalue weighted by Crippen LogP contribution is -2.39. The van der Waals surface area contributed by atoms with Gasteiger partial charge < -0.3 is 14.4 Å². The molecule has 2 rings (SSSR count). The fourth-order valence-electron chi connectivity index (χ4n) is 2.69. The van der Waals surface area contributed by atoms with E-state index in [1.165, 1.54) is 6.42 Å². The van der Waals surface area contributed by atoms with Crippen LogP contribution in [-0.2, 0) is 11.2 Å². The minimum atomic E-state index is 0.198. The topological polar surface area (TPSA) is 38.8 Å². The zero-order chi connectivity index (χ0) is 14.5. The average Bonchev–Trinajstić information content (AvgIpc) is 2.47. The third-order valence-electron chi connectivity index (χ3n) is 3.81. The van der Waals surface area contributed by atoms with Crippen LogP contribution in [0.3, 0.4) is 0 Å². The summed E-state index contributed by atoms with van der Waals surface area (Å²) in [6.45, 7) is 3.97. The number of hydrogen-bond donors (Lipinski definition) is 0. The monoisotopic (exact) mass is 277 g/mol. The van der Waals surface area contributed by atoms with Crippen LogP contribution >= 0.6 is 0 Å². The van der Waals surface area contributed by atoms with Crippen molar-refractivity contribution in [2.24, 2.45) is 5.92 Å². The number of nitrogens with zero attached hydrogens (tertiary/aromatic N) is 1. The molecule has 20 heavy (non-hydrogen) atoms. The predicted octanol–water partition coefficient (Wildman–Crippen LogP) is 2.50. The molecule has 1 amide bonds. The van der Waals surface area contributed by atoms with Crippen molar-refractivity contribution in [3.8, 4) is 11.5 Å². The molecule has 0 radical (unpaired) electrons. The van der Waals surface area contributed by atoms with Crippen LogP contribution in [0.4, 0.5) is 0 Å². The van der Waals surface area contributed by atoms with E-state index < -0.39 is 0 Å². The maximum absolute atomic E-state index is 12.3. The van der Waals surface area contributed by atoms with Gasteiger partial charge in [0, 0.05) is 13.1 Å². The highest BCUT2D eigenvalue weighted by molar-refractivity contribution is 5.79. The Labute approximate surface area is 120 Å². The number of rotatable bonds is 4. The number of carbonyl (C=O) groups excluding carboxylic acids is 1. The first kappa shape index (κ1) is 14.7. The number of hydrogen-bond acceptors (Lipinski definition) is 3. The Morgan fingerprint density at radius 1 is 1.30 bits per heavy atom. The summed E-state index contributed by atoms with van der Waals surface area (Å²) in [6, 6.07) is 5.65. The zero-order valence-electron chi connectivity index (χ0n) is 12.5. The molecular formula is C16H23NO3. The van der Waals surface area contributed by atoms with Gasteiger partial charge in [-0.25, -0.2) is 0 Å². The Hall–Kier alpha value is -1.71. The molecule has 0 saturated carbocycles. The zero-order valence-corrected chi connectivity index (χ0v) is 12.5. The Bertz CT molecular complexity index is 473. The van der Waals surface area contributed by atoms with Gasteiger partial charge in [-0.3, -0.25) is 4.79 Å². The summed E-state index contributed by atoms with van der Waals surface area (Å²) in [7, 11) is 3.22. The maximum Gasteiger partial charge on any atom is 0.227 e. The summed E-state index contributed by atoms with van der Waals surface area (Å²) in [5.41, 5.74) is 0.964. The van der Waals surface area contributed by atoms with E-state index in [0.29, 0.717) is 23.8 Å². The summed E-state index contributed by atoms with van der Waals surface area (Å²) >= 11 is 0. The van der Waals surface area contributed by atoms with Gasteiger partial charge in [-0.15, -0.1) is 0 Å². The number of benzene rings is 1. The Kier molecular flexibility index (Phi) is 4.88. The van der Waals surface area contributed by atoms with Gasteiger partial charge in [-0.2, -0.15) is 0 Å². The van der Waals surface area contributed by atoms with Gasteiger partial charge in [0.25, 0.3) is 0 Å². The maximum atomic E-state index is 12.3. The van der Waals surface area contributed by atoms with Gasteiger partial charge in [0.15, 0.2) is 11.5 Å². The highest BCUT2D eigenvalue weighted by atomic mass is 16.5. The van der Waals surface area contributed by atoms with Crippen molar-refractivity contribution >= 4 is 5.91 Å². The number of likely N-dealkylation sites (tertiary alicyclic amines) is 1. The summed E-state index contributed by atoms with van der Waals surface area (Å²) in [5.74, 6) is 2.17. The molecule has 1 atom stereocenters. The summed E-state index contributed by atoms with van der Waals surface area (Å²) in [6.07, 6.45) is 2.76. The van der Waals surface area contributed by atoms with E-state index in [4.69, 9.17) is 9.47 Å². The van der Waals surface area contributed by atoms with E-state index >= 15 is 0 Å². The van der Waals surface area contributed by atoms with E-state index in [9.17, 15) is 4.79 Å². The Balaban J connectivity index is 2.03. The number of methoxy groups -OCH3 is 2. The third kappa shape index (κ3) is 3.44. The lowest BCUT2D eigenvalue weighted by Gasteiger charge is -2.31. The van der Waals surface area contributed by atoms with Gasteiger partial charge >= 0.3 is 0 Å². The van der Waals surface area contributed by atoms with Crippen LogP contribution in [-0.4, -0.2) is 38.1 Å². The Morgan fingerprint density at radius 3 is 2.70 bits per heavy atom. The van der Waals surface area contributed by atoms with E-state index in [2.05, 4.69) is 6.92 Å². The Morgan fingerprint density at radius 2 is 2.05 bits per heavy atom. The minimum Gasteiger partial charge on any atom is -0.493 e. The molecule has 1 aliphatic rings. The van der Waals surface area contributed by atoms with E-state index in [0.717, 1.165) is 25.1 Å². The van der Waals surface area contributed by atoms with Crippen LogP contribution in [0.2, 0.25) is 0 Å². The molecule has 110 valence electrons. The molecule has 0 aromatic heterocycles. The normalized spacial score (nSPS) is 18.8. The molecular weight excluding hydrogens is 254 g/mol.